The van der Waals surface area contributed by atoms with Gasteiger partial charge in [-0.25, -0.2) is 0 Å². The zero-order valence-electron chi connectivity index (χ0n) is 43.5. The standard InChI is InChI=1S/C50H39N2O.C15H16N.Ir/c1-29(2)40-25-36(32-13-7-6-8-14-32)26-41(30(3)4)47(40)52-48-38-18-12-10-16-34(38)22-24-44(48)51-50(52)39-23-19-31(5)46-43-28-42-35(27-45(43)53-49(39)46)21-20-33-15-9-11-17-37(33)42;1-15(2,3)13-9-10-14(16-11-13)12-7-5-4-6-8-12;/h6-22,24-30H,1-5H3;4-7,9-11H,1-3H3;/q2*-1;/i5D3;;. The molecule has 9 aromatic carbocycles. The van der Waals surface area contributed by atoms with Gasteiger partial charge >= 0.3 is 0 Å². The Kier molecular flexibility index (Phi) is 11.4. The van der Waals surface area contributed by atoms with Gasteiger partial charge in [0.1, 0.15) is 5.58 Å². The molecule has 0 aliphatic carbocycles. The van der Waals surface area contributed by atoms with E-state index < -0.39 is 6.85 Å². The maximum atomic E-state index is 8.69. The number of furan rings is 1. The number of benzene rings is 9. The summed E-state index contributed by atoms with van der Waals surface area (Å²) < 4.78 is 35.2. The zero-order valence-corrected chi connectivity index (χ0v) is 42.9. The van der Waals surface area contributed by atoms with Crippen LogP contribution in [0.4, 0.5) is 0 Å². The first-order chi connectivity index (χ1) is 34.6. The van der Waals surface area contributed by atoms with Crippen LogP contribution >= 0.6 is 0 Å². The molecule has 0 spiro atoms. The van der Waals surface area contributed by atoms with Gasteiger partial charge in [-0.15, -0.1) is 53.6 Å². The monoisotopic (exact) mass is 1090 g/mol. The van der Waals surface area contributed by atoms with Gasteiger partial charge in [0.05, 0.1) is 22.4 Å². The largest absolute Gasteiger partial charge is 0.501 e. The van der Waals surface area contributed by atoms with Crippen molar-refractivity contribution in [2.45, 2.75) is 72.6 Å². The predicted octanol–water partition coefficient (Wildman–Crippen LogP) is 17.9. The van der Waals surface area contributed by atoms with Gasteiger partial charge in [0, 0.05) is 46.9 Å². The molecule has 3 aromatic heterocycles. The topological polar surface area (TPSA) is 43.9 Å². The molecule has 0 amide bonds. The van der Waals surface area contributed by atoms with E-state index in [1.165, 1.54) is 27.8 Å². The molecule has 70 heavy (non-hydrogen) atoms. The van der Waals surface area contributed by atoms with Crippen molar-refractivity contribution in [1.29, 1.82) is 0 Å². The maximum Gasteiger partial charge on any atom is 0.121 e. The quantitative estimate of drug-likeness (QED) is 0.123. The van der Waals surface area contributed by atoms with Gasteiger partial charge in [0.25, 0.3) is 0 Å². The number of fused-ring (bicyclic) bond motifs is 9. The summed E-state index contributed by atoms with van der Waals surface area (Å²) in [6.45, 7) is 13.2. The van der Waals surface area contributed by atoms with Crippen LogP contribution in [-0.2, 0) is 25.5 Å². The van der Waals surface area contributed by atoms with E-state index in [-0.39, 0.29) is 42.9 Å². The third-order valence-electron chi connectivity index (χ3n) is 13.5. The number of rotatable bonds is 6. The van der Waals surface area contributed by atoms with Gasteiger partial charge in [-0.2, -0.15) is 0 Å². The van der Waals surface area contributed by atoms with Crippen LogP contribution in [-0.4, -0.2) is 14.5 Å². The number of aryl methyl sites for hydroxylation is 1. The summed E-state index contributed by atoms with van der Waals surface area (Å²) >= 11 is 0. The van der Waals surface area contributed by atoms with E-state index in [9.17, 15) is 0 Å². The molecule has 347 valence electrons. The molecule has 0 saturated carbocycles. The fraction of sp³-hybridized carbons (Fsp3) is 0.169. The van der Waals surface area contributed by atoms with Crippen LogP contribution in [0.15, 0.2) is 180 Å². The smallest absolute Gasteiger partial charge is 0.121 e. The first-order valence-electron chi connectivity index (χ1n) is 25.4. The molecular weight excluding hydrogens is 1030 g/mol. The van der Waals surface area contributed by atoms with Gasteiger partial charge < -0.3 is 14.0 Å². The normalized spacial score (nSPS) is 12.7. The summed E-state index contributed by atoms with van der Waals surface area (Å²) in [5.41, 5.74) is 13.0. The van der Waals surface area contributed by atoms with Crippen LogP contribution in [0, 0.1) is 19.0 Å². The third-order valence-corrected chi connectivity index (χ3v) is 13.5. The van der Waals surface area contributed by atoms with Crippen LogP contribution in [0.25, 0.3) is 105 Å². The second-order valence-electron chi connectivity index (χ2n) is 19.8. The maximum absolute atomic E-state index is 8.69. The van der Waals surface area contributed by atoms with Crippen LogP contribution in [0.1, 0.15) is 86.7 Å². The van der Waals surface area contributed by atoms with Crippen molar-refractivity contribution < 1.29 is 28.6 Å². The number of hydrogen-bond donors (Lipinski definition) is 0. The van der Waals surface area contributed by atoms with Crippen molar-refractivity contribution in [3.63, 3.8) is 0 Å². The molecule has 0 N–H and O–H groups in total. The molecule has 12 aromatic rings. The van der Waals surface area contributed by atoms with Crippen molar-refractivity contribution in [1.82, 2.24) is 14.5 Å². The number of pyridine rings is 1. The van der Waals surface area contributed by atoms with E-state index in [1.807, 2.05) is 48.7 Å². The molecule has 0 bridgehead atoms. The van der Waals surface area contributed by atoms with E-state index in [0.717, 1.165) is 65.7 Å². The van der Waals surface area contributed by atoms with Crippen LogP contribution < -0.4 is 0 Å². The zero-order chi connectivity index (χ0) is 50.1. The van der Waals surface area contributed by atoms with Crippen LogP contribution in [0.2, 0.25) is 0 Å². The predicted molar refractivity (Wildman–Crippen MR) is 291 cm³/mol. The summed E-state index contributed by atoms with van der Waals surface area (Å²) in [6.07, 6.45) is 1.95. The van der Waals surface area contributed by atoms with E-state index in [2.05, 4.69) is 191 Å². The van der Waals surface area contributed by atoms with Crippen LogP contribution in [0.3, 0.4) is 0 Å². The van der Waals surface area contributed by atoms with Crippen molar-refractivity contribution in [2.75, 3.05) is 0 Å². The van der Waals surface area contributed by atoms with E-state index in [1.54, 1.807) is 6.07 Å². The average Bonchev–Trinajstić information content (AvgIpc) is 3.96. The Morgan fingerprint density at radius 1 is 0.629 bits per heavy atom. The molecule has 0 fully saturated rings. The van der Waals surface area contributed by atoms with E-state index in [0.29, 0.717) is 27.9 Å². The minimum atomic E-state index is -2.41. The number of aromatic nitrogens is 3. The average molecular weight is 1090 g/mol. The van der Waals surface area contributed by atoms with Crippen molar-refractivity contribution in [2.24, 2.45) is 0 Å². The van der Waals surface area contributed by atoms with E-state index >= 15 is 0 Å². The second kappa shape index (κ2) is 18.6. The molecule has 0 aliphatic rings. The molecule has 0 atom stereocenters. The minimum absolute atomic E-state index is 0. The van der Waals surface area contributed by atoms with Crippen molar-refractivity contribution in [3.05, 3.63) is 210 Å². The molecule has 12 rings (SSSR count). The third kappa shape index (κ3) is 8.31. The molecule has 0 unspecified atom stereocenters. The second-order valence-corrected chi connectivity index (χ2v) is 19.8. The molecular formula is C65H55IrN3O-2. The Hall–Kier alpha value is -7.17. The summed E-state index contributed by atoms with van der Waals surface area (Å²) in [4.78, 5) is 9.91. The summed E-state index contributed by atoms with van der Waals surface area (Å²) in [5.74, 6) is 0.993. The van der Waals surface area contributed by atoms with Gasteiger partial charge in [-0.1, -0.05) is 175 Å². The van der Waals surface area contributed by atoms with Crippen molar-refractivity contribution >= 4 is 65.3 Å². The van der Waals surface area contributed by atoms with E-state index in [4.69, 9.17) is 13.5 Å². The number of hydrogen-bond acceptors (Lipinski definition) is 3. The van der Waals surface area contributed by atoms with Crippen molar-refractivity contribution in [3.8, 4) is 39.5 Å². The van der Waals surface area contributed by atoms with Gasteiger partial charge in [0.2, 0.25) is 0 Å². The molecule has 1 radical (unpaired) electrons. The summed E-state index contributed by atoms with van der Waals surface area (Å²) in [7, 11) is 0. The Morgan fingerprint density at radius 2 is 1.30 bits per heavy atom. The minimum Gasteiger partial charge on any atom is -0.501 e. The number of imidazole rings is 1. The first-order valence-corrected chi connectivity index (χ1v) is 23.9. The van der Waals surface area contributed by atoms with Gasteiger partial charge in [-0.3, -0.25) is 4.98 Å². The SMILES string of the molecule is CC(C)(C)c1ccc(-c2[c-]cccc2)nc1.[2H]C([2H])([2H])c1c[c-]c(-c2nc3ccc4ccccc4c3n2-c2c(C(C)C)cc(-c3ccccc3)cc2C(C)C)c2oc3cc4ccc5ccccc5c4cc3c12.[Ir]. The molecule has 0 saturated heterocycles. The fourth-order valence-corrected chi connectivity index (χ4v) is 9.88. The number of nitrogens with zero attached hydrogens (tertiary/aromatic N) is 3. The van der Waals surface area contributed by atoms with Gasteiger partial charge in [0.15, 0.2) is 0 Å². The Labute approximate surface area is 428 Å². The summed E-state index contributed by atoms with van der Waals surface area (Å²) in [6, 6.07) is 64.9. The molecule has 4 nitrogen and oxygen atoms in total. The van der Waals surface area contributed by atoms with Gasteiger partial charge in [-0.05, 0) is 108 Å². The molecule has 3 heterocycles. The van der Waals surface area contributed by atoms with Crippen LogP contribution in [0.5, 0.6) is 0 Å². The summed E-state index contributed by atoms with van der Waals surface area (Å²) in [5, 5.41) is 7.82. The Morgan fingerprint density at radius 3 is 1.97 bits per heavy atom. The Bertz CT molecular complexity index is 3970. The first kappa shape index (κ1) is 42.9. The molecule has 0 aliphatic heterocycles. The fourth-order valence-electron chi connectivity index (χ4n) is 9.88. The molecule has 5 heteroatoms. The Balaban J connectivity index is 0.000000307.